The van der Waals surface area contributed by atoms with Gasteiger partial charge in [0.25, 0.3) is 5.91 Å². The average Bonchev–Trinajstić information content (AvgIpc) is 3.44. The molecule has 9 nitrogen and oxygen atoms in total. The molecular weight excluding hydrogens is 572 g/mol. The highest BCUT2D eigenvalue weighted by atomic mass is 16.5. The Balaban J connectivity index is 0.000000713. The lowest BCUT2D eigenvalue weighted by molar-refractivity contribution is -0.193. The lowest BCUT2D eigenvalue weighted by atomic mass is 10.0. The number of fused-ring (bicyclic) bond motifs is 1. The Morgan fingerprint density at radius 1 is 0.778 bits per heavy atom. The van der Waals surface area contributed by atoms with Gasteiger partial charge in [0.1, 0.15) is 23.3 Å². The van der Waals surface area contributed by atoms with E-state index >= 15 is 0 Å². The van der Waals surface area contributed by atoms with Gasteiger partial charge in [-0.15, -0.1) is 0 Å². The molecule has 1 fully saturated rings. The van der Waals surface area contributed by atoms with Gasteiger partial charge in [-0.1, -0.05) is 78.9 Å². The summed E-state index contributed by atoms with van der Waals surface area (Å²) in [6.45, 7) is 0.497. The fraction of sp³-hybridized carbons (Fsp3) is 0.167. The fourth-order valence-electron chi connectivity index (χ4n) is 5.38. The molecule has 45 heavy (non-hydrogen) atoms. The normalized spacial score (nSPS) is 15.0. The van der Waals surface area contributed by atoms with Crippen LogP contribution in [0.15, 0.2) is 115 Å². The predicted molar refractivity (Wildman–Crippen MR) is 163 cm³/mol. The molecule has 9 heteroatoms. The molecule has 226 valence electrons. The van der Waals surface area contributed by atoms with Crippen molar-refractivity contribution in [3.05, 3.63) is 138 Å². The minimum Gasteiger partial charge on any atom is -0.508 e. The Labute approximate surface area is 259 Å². The minimum atomic E-state index is -0.111. The number of hydrogen-bond acceptors (Lipinski definition) is 8. The van der Waals surface area contributed by atoms with E-state index in [-0.39, 0.29) is 36.1 Å². The van der Waals surface area contributed by atoms with Crippen LogP contribution in [-0.4, -0.2) is 51.9 Å². The SMILES string of the molecule is O=C(c1ccc2cc(O)ccc2n1)N1C[C@@H](Oc2ccc(Cc3ccccc3)cc2)C[C@H]1Cc1ccccc1.O=C=O.O=C=O. The molecule has 0 saturated carbocycles. The highest BCUT2D eigenvalue weighted by Gasteiger charge is 2.37. The summed E-state index contributed by atoms with van der Waals surface area (Å²) in [7, 11) is 0. The fourth-order valence-corrected chi connectivity index (χ4v) is 5.38. The number of amides is 1. The van der Waals surface area contributed by atoms with E-state index in [1.165, 1.54) is 16.7 Å². The molecule has 1 aromatic heterocycles. The van der Waals surface area contributed by atoms with Gasteiger partial charge in [-0.2, -0.15) is 19.2 Å². The second-order valence-corrected chi connectivity index (χ2v) is 10.3. The maximum absolute atomic E-state index is 13.7. The first-order valence-corrected chi connectivity index (χ1v) is 14.2. The van der Waals surface area contributed by atoms with Crippen LogP contribution >= 0.6 is 0 Å². The molecule has 2 heterocycles. The molecule has 4 aromatic carbocycles. The highest BCUT2D eigenvalue weighted by Crippen LogP contribution is 2.28. The second kappa shape index (κ2) is 16.1. The van der Waals surface area contributed by atoms with Crippen LogP contribution in [0.4, 0.5) is 0 Å². The molecule has 1 aliphatic heterocycles. The predicted octanol–water partition coefficient (Wildman–Crippen LogP) is 5.27. The van der Waals surface area contributed by atoms with Crippen LogP contribution in [0.3, 0.4) is 0 Å². The monoisotopic (exact) mass is 602 g/mol. The Morgan fingerprint density at radius 3 is 2.02 bits per heavy atom. The van der Waals surface area contributed by atoms with Crippen LogP contribution in [0.25, 0.3) is 10.9 Å². The first kappa shape index (κ1) is 32.0. The maximum Gasteiger partial charge on any atom is 0.373 e. The third-order valence-electron chi connectivity index (χ3n) is 7.32. The van der Waals surface area contributed by atoms with Crippen LogP contribution in [0.2, 0.25) is 0 Å². The molecule has 1 amide bonds. The second-order valence-electron chi connectivity index (χ2n) is 10.3. The summed E-state index contributed by atoms with van der Waals surface area (Å²) in [4.78, 5) is 52.8. The third kappa shape index (κ3) is 9.05. The topological polar surface area (TPSA) is 131 Å². The van der Waals surface area contributed by atoms with E-state index in [1.54, 1.807) is 24.3 Å². The van der Waals surface area contributed by atoms with Crippen LogP contribution in [-0.2, 0) is 32.0 Å². The third-order valence-corrected chi connectivity index (χ3v) is 7.32. The van der Waals surface area contributed by atoms with Crippen LogP contribution < -0.4 is 4.74 Å². The Morgan fingerprint density at radius 2 is 1.38 bits per heavy atom. The van der Waals surface area contributed by atoms with Crippen molar-refractivity contribution >= 4 is 29.1 Å². The van der Waals surface area contributed by atoms with Crippen molar-refractivity contribution in [2.24, 2.45) is 0 Å². The van der Waals surface area contributed by atoms with Gasteiger partial charge < -0.3 is 14.7 Å². The number of carbonyl (C=O) groups excluding carboxylic acids is 5. The molecule has 1 N–H and O–H groups in total. The Bertz CT molecular complexity index is 1750. The number of hydrogen-bond donors (Lipinski definition) is 1. The van der Waals surface area contributed by atoms with Gasteiger partial charge in [-0.05, 0) is 65.9 Å². The molecule has 1 saturated heterocycles. The van der Waals surface area contributed by atoms with Crippen LogP contribution in [0.1, 0.15) is 33.6 Å². The van der Waals surface area contributed by atoms with Gasteiger partial charge in [0, 0.05) is 17.8 Å². The number of aromatic hydroxyl groups is 1. The zero-order valence-electron chi connectivity index (χ0n) is 24.2. The smallest absolute Gasteiger partial charge is 0.373 e. The summed E-state index contributed by atoms with van der Waals surface area (Å²) >= 11 is 0. The molecule has 0 radical (unpaired) electrons. The number of pyridine rings is 1. The summed E-state index contributed by atoms with van der Waals surface area (Å²) < 4.78 is 6.41. The van der Waals surface area contributed by atoms with Crippen molar-refractivity contribution < 1.29 is 33.8 Å². The number of benzene rings is 4. The molecule has 6 rings (SSSR count). The van der Waals surface area contributed by atoms with E-state index < -0.39 is 0 Å². The summed E-state index contributed by atoms with van der Waals surface area (Å²) in [6.07, 6.45) is 2.77. The quantitative estimate of drug-likeness (QED) is 0.267. The van der Waals surface area contributed by atoms with Crippen molar-refractivity contribution in [2.45, 2.75) is 31.4 Å². The van der Waals surface area contributed by atoms with E-state index in [1.807, 2.05) is 47.4 Å². The molecule has 0 aliphatic carbocycles. The number of ether oxygens (including phenoxy) is 1. The van der Waals surface area contributed by atoms with E-state index in [0.29, 0.717) is 17.8 Å². The van der Waals surface area contributed by atoms with Crippen molar-refractivity contribution in [2.75, 3.05) is 6.54 Å². The first-order chi connectivity index (χ1) is 21.9. The number of carbonyl (C=O) groups is 1. The summed E-state index contributed by atoms with van der Waals surface area (Å²) in [6, 6.07) is 37.5. The molecular formula is C36H30N2O7. The summed E-state index contributed by atoms with van der Waals surface area (Å²) in [5.74, 6) is 0.891. The molecule has 0 bridgehead atoms. The van der Waals surface area contributed by atoms with Gasteiger partial charge in [-0.25, -0.2) is 4.98 Å². The summed E-state index contributed by atoms with van der Waals surface area (Å²) in [5, 5.41) is 10.6. The Kier molecular flexibility index (Phi) is 11.5. The lowest BCUT2D eigenvalue weighted by Gasteiger charge is -2.24. The molecule has 2 atom stereocenters. The van der Waals surface area contributed by atoms with Gasteiger partial charge in [0.15, 0.2) is 0 Å². The molecule has 1 aliphatic rings. The van der Waals surface area contributed by atoms with Gasteiger partial charge >= 0.3 is 12.3 Å². The van der Waals surface area contributed by atoms with Crippen LogP contribution in [0.5, 0.6) is 11.5 Å². The standard InChI is InChI=1S/C34H30N2O3.2CO2/c37-29-14-18-32-27(21-29)13-17-33(35-32)34(38)36-23-31(22-28(36)20-25-9-5-2-6-10-25)39-30-15-11-26(12-16-30)19-24-7-3-1-4-8-24;2*2-1-3/h1-18,21,28,31,37H,19-20,22-23H2;;/t28-,31+;;/m1../s1. The van der Waals surface area contributed by atoms with Gasteiger partial charge in [0.05, 0.1) is 12.1 Å². The van der Waals surface area contributed by atoms with Crippen molar-refractivity contribution in [1.82, 2.24) is 9.88 Å². The zero-order chi connectivity index (χ0) is 32.0. The van der Waals surface area contributed by atoms with Crippen LogP contribution in [0, 0.1) is 0 Å². The van der Waals surface area contributed by atoms with Gasteiger partial charge in [0.2, 0.25) is 0 Å². The summed E-state index contributed by atoms with van der Waals surface area (Å²) in [5.41, 5.74) is 4.78. The van der Waals surface area contributed by atoms with E-state index in [9.17, 15) is 9.90 Å². The number of phenolic OH excluding ortho intramolecular Hbond substituents is 1. The van der Waals surface area contributed by atoms with Gasteiger partial charge in [-0.3, -0.25) is 4.79 Å². The first-order valence-electron chi connectivity index (χ1n) is 14.2. The highest BCUT2D eigenvalue weighted by molar-refractivity contribution is 5.95. The van der Waals surface area contributed by atoms with Crippen molar-refractivity contribution in [1.29, 1.82) is 0 Å². The molecule has 5 aromatic rings. The largest absolute Gasteiger partial charge is 0.508 e. The minimum absolute atomic E-state index is 0.000399. The number of aromatic nitrogens is 1. The van der Waals surface area contributed by atoms with Crippen molar-refractivity contribution in [3.63, 3.8) is 0 Å². The lowest BCUT2D eigenvalue weighted by Crippen LogP contribution is -2.38. The van der Waals surface area contributed by atoms with Crippen molar-refractivity contribution in [3.8, 4) is 11.5 Å². The number of phenols is 1. The molecule has 0 unspecified atom stereocenters. The Hall–Kier alpha value is -5.88. The maximum atomic E-state index is 13.7. The molecule has 0 spiro atoms. The number of rotatable bonds is 7. The van der Waals surface area contributed by atoms with E-state index in [0.717, 1.165) is 30.4 Å². The zero-order valence-corrected chi connectivity index (χ0v) is 24.2. The van der Waals surface area contributed by atoms with E-state index in [2.05, 4.69) is 53.5 Å². The van der Waals surface area contributed by atoms with E-state index in [4.69, 9.17) is 23.9 Å². The average molecular weight is 603 g/mol. The number of likely N-dealkylation sites (tertiary alicyclic amines) is 1. The number of nitrogens with zero attached hydrogens (tertiary/aromatic N) is 2.